The monoisotopic (exact) mass is 456 g/mol. The fourth-order valence-corrected chi connectivity index (χ4v) is 5.11. The average molecular weight is 456 g/mol. The molecule has 0 aromatic heterocycles. The van der Waals surface area contributed by atoms with E-state index in [0.29, 0.717) is 16.5 Å². The van der Waals surface area contributed by atoms with E-state index in [1.165, 1.54) is 42.1 Å². The van der Waals surface area contributed by atoms with Crippen molar-refractivity contribution in [3.63, 3.8) is 0 Å². The minimum absolute atomic E-state index is 0.0408. The molecule has 2 fully saturated rings. The van der Waals surface area contributed by atoms with E-state index < -0.39 is 16.1 Å². The number of hydrogen-bond acceptors (Lipinski definition) is 6. The predicted octanol–water partition coefficient (Wildman–Crippen LogP) is 4.64. The third-order valence-electron chi connectivity index (χ3n) is 5.42. The van der Waals surface area contributed by atoms with Crippen LogP contribution in [0.1, 0.15) is 32.1 Å². The molecule has 1 aliphatic carbocycles. The number of thioether (sulfide) groups is 1. The van der Waals surface area contributed by atoms with E-state index in [9.17, 15) is 24.1 Å². The Morgan fingerprint density at radius 3 is 2.62 bits per heavy atom. The second-order valence-electron chi connectivity index (χ2n) is 7.68. The standard InChI is InChI=1S/C22H21FN4O4S/c23-14-8-10-15(11-9-14)25-22-26(17-5-1-2-6-17)21(29)19(32-22)13-20(28)24-16-4-3-7-18(12-16)27(30)31/h3-4,7-12,17,19H,1-2,5-6,13H2,(H,24,28). The molecular weight excluding hydrogens is 435 g/mol. The maximum atomic E-state index is 13.2. The van der Waals surface area contributed by atoms with E-state index in [1.807, 2.05) is 0 Å². The van der Waals surface area contributed by atoms with Crippen molar-refractivity contribution in [1.29, 1.82) is 0 Å². The Morgan fingerprint density at radius 1 is 1.22 bits per heavy atom. The van der Waals surface area contributed by atoms with Gasteiger partial charge in [-0.15, -0.1) is 0 Å². The van der Waals surface area contributed by atoms with Crippen molar-refractivity contribution in [1.82, 2.24) is 4.90 Å². The van der Waals surface area contributed by atoms with Gasteiger partial charge in [-0.25, -0.2) is 9.38 Å². The molecule has 1 saturated carbocycles. The quantitative estimate of drug-likeness (QED) is 0.504. The molecule has 2 aromatic rings. The first-order valence-electron chi connectivity index (χ1n) is 10.3. The molecule has 4 rings (SSSR count). The van der Waals surface area contributed by atoms with Crippen LogP contribution in [0, 0.1) is 15.9 Å². The zero-order chi connectivity index (χ0) is 22.7. The zero-order valence-electron chi connectivity index (χ0n) is 17.1. The van der Waals surface area contributed by atoms with Gasteiger partial charge >= 0.3 is 0 Å². The molecule has 1 N–H and O–H groups in total. The second-order valence-corrected chi connectivity index (χ2v) is 8.85. The lowest BCUT2D eigenvalue weighted by atomic mass is 10.2. The lowest BCUT2D eigenvalue weighted by Gasteiger charge is -2.23. The van der Waals surface area contributed by atoms with Crippen LogP contribution in [0.15, 0.2) is 53.5 Å². The summed E-state index contributed by atoms with van der Waals surface area (Å²) in [5.74, 6) is -0.949. The molecule has 32 heavy (non-hydrogen) atoms. The number of halogens is 1. The summed E-state index contributed by atoms with van der Waals surface area (Å²) in [7, 11) is 0. The van der Waals surface area contributed by atoms with Crippen molar-refractivity contribution < 1.29 is 18.9 Å². The molecule has 1 heterocycles. The number of hydrogen-bond donors (Lipinski definition) is 1. The number of carbonyl (C=O) groups is 2. The highest BCUT2D eigenvalue weighted by molar-refractivity contribution is 8.15. The number of nitrogens with one attached hydrogen (secondary N) is 1. The highest BCUT2D eigenvalue weighted by Gasteiger charge is 2.43. The summed E-state index contributed by atoms with van der Waals surface area (Å²) in [5, 5.41) is 13.4. The molecule has 0 radical (unpaired) electrons. The number of non-ortho nitro benzene ring substituents is 1. The molecule has 166 valence electrons. The molecule has 2 amide bonds. The molecule has 1 unspecified atom stereocenters. The van der Waals surface area contributed by atoms with Gasteiger partial charge in [0, 0.05) is 30.3 Å². The predicted molar refractivity (Wildman–Crippen MR) is 120 cm³/mol. The normalized spacial score (nSPS) is 20.2. The van der Waals surface area contributed by atoms with Crippen LogP contribution in [-0.4, -0.2) is 38.1 Å². The highest BCUT2D eigenvalue weighted by atomic mass is 32.2. The summed E-state index contributed by atoms with van der Waals surface area (Å²) >= 11 is 1.22. The number of nitro benzene ring substituents is 1. The van der Waals surface area contributed by atoms with Crippen molar-refractivity contribution in [3.8, 4) is 0 Å². The Morgan fingerprint density at radius 2 is 1.94 bits per heavy atom. The number of nitro groups is 1. The smallest absolute Gasteiger partial charge is 0.271 e. The summed E-state index contributed by atoms with van der Waals surface area (Å²) in [6, 6.07) is 11.4. The summed E-state index contributed by atoms with van der Waals surface area (Å²) in [6.45, 7) is 0. The molecule has 0 spiro atoms. The molecule has 1 aliphatic heterocycles. The number of rotatable bonds is 6. The van der Waals surface area contributed by atoms with Crippen molar-refractivity contribution in [3.05, 3.63) is 64.5 Å². The maximum Gasteiger partial charge on any atom is 0.271 e. The Kier molecular flexibility index (Phi) is 6.50. The summed E-state index contributed by atoms with van der Waals surface area (Å²) < 4.78 is 13.2. The van der Waals surface area contributed by atoms with Gasteiger partial charge in [0.15, 0.2) is 5.17 Å². The minimum Gasteiger partial charge on any atom is -0.326 e. The fourth-order valence-electron chi connectivity index (χ4n) is 3.90. The van der Waals surface area contributed by atoms with Gasteiger partial charge in [-0.05, 0) is 43.2 Å². The Balaban J connectivity index is 1.50. The average Bonchev–Trinajstić information content (AvgIpc) is 3.38. The lowest BCUT2D eigenvalue weighted by molar-refractivity contribution is -0.384. The van der Waals surface area contributed by atoms with Gasteiger partial charge in [0.05, 0.1) is 10.6 Å². The van der Waals surface area contributed by atoms with Crippen molar-refractivity contribution in [2.75, 3.05) is 5.32 Å². The SMILES string of the molecule is O=C(CC1SC(=Nc2ccc(F)cc2)N(C2CCCC2)C1=O)Nc1cccc([N+](=O)[O-])c1. The van der Waals surface area contributed by atoms with Crippen LogP contribution in [0.25, 0.3) is 0 Å². The van der Waals surface area contributed by atoms with E-state index in [4.69, 9.17) is 0 Å². The zero-order valence-corrected chi connectivity index (χ0v) is 17.9. The van der Waals surface area contributed by atoms with Gasteiger partial charge < -0.3 is 5.32 Å². The van der Waals surface area contributed by atoms with E-state index >= 15 is 0 Å². The van der Waals surface area contributed by atoms with E-state index in [1.54, 1.807) is 23.1 Å². The van der Waals surface area contributed by atoms with Crippen LogP contribution in [-0.2, 0) is 9.59 Å². The summed E-state index contributed by atoms with van der Waals surface area (Å²) in [4.78, 5) is 42.4. The summed E-state index contributed by atoms with van der Waals surface area (Å²) in [6.07, 6.45) is 3.72. The van der Waals surface area contributed by atoms with E-state index in [2.05, 4.69) is 10.3 Å². The van der Waals surface area contributed by atoms with Crippen LogP contribution in [0.5, 0.6) is 0 Å². The molecule has 2 aromatic carbocycles. The van der Waals surface area contributed by atoms with E-state index in [0.717, 1.165) is 25.7 Å². The van der Waals surface area contributed by atoms with Gasteiger partial charge in [0.2, 0.25) is 11.8 Å². The number of amidine groups is 1. The molecule has 10 heteroatoms. The van der Waals surface area contributed by atoms with Gasteiger partial charge in [-0.2, -0.15) is 0 Å². The maximum absolute atomic E-state index is 13.2. The minimum atomic E-state index is -0.645. The first-order valence-corrected chi connectivity index (χ1v) is 11.2. The molecule has 1 saturated heterocycles. The largest absolute Gasteiger partial charge is 0.326 e. The topological polar surface area (TPSA) is 105 Å². The van der Waals surface area contributed by atoms with Crippen LogP contribution < -0.4 is 5.32 Å². The van der Waals surface area contributed by atoms with Gasteiger partial charge in [0.1, 0.15) is 11.1 Å². The first-order chi connectivity index (χ1) is 15.4. The van der Waals surface area contributed by atoms with Crippen molar-refractivity contribution >= 4 is 45.8 Å². The van der Waals surface area contributed by atoms with Crippen LogP contribution >= 0.6 is 11.8 Å². The van der Waals surface area contributed by atoms with Crippen LogP contribution in [0.4, 0.5) is 21.5 Å². The number of aliphatic imine (C=N–C) groups is 1. The molecule has 2 aliphatic rings. The Bertz CT molecular complexity index is 1070. The number of anilines is 1. The molecular formula is C22H21FN4O4S. The Labute approximate surface area is 188 Å². The lowest BCUT2D eigenvalue weighted by Crippen LogP contribution is -2.40. The highest BCUT2D eigenvalue weighted by Crippen LogP contribution is 2.37. The molecule has 1 atom stereocenters. The fraction of sp³-hybridized carbons (Fsp3) is 0.318. The van der Waals surface area contributed by atoms with Gasteiger partial charge in [-0.1, -0.05) is 30.7 Å². The first kappa shape index (κ1) is 21.9. The third-order valence-corrected chi connectivity index (χ3v) is 6.57. The van der Waals surface area contributed by atoms with Crippen LogP contribution in [0.3, 0.4) is 0 Å². The molecule has 8 nitrogen and oxygen atoms in total. The van der Waals surface area contributed by atoms with Gasteiger partial charge in [0.25, 0.3) is 5.69 Å². The number of nitrogens with zero attached hydrogens (tertiary/aromatic N) is 3. The second kappa shape index (κ2) is 9.47. The Hall–Kier alpha value is -3.27. The summed E-state index contributed by atoms with van der Waals surface area (Å²) in [5.41, 5.74) is 0.703. The van der Waals surface area contributed by atoms with Crippen molar-refractivity contribution in [2.45, 2.75) is 43.4 Å². The molecule has 0 bridgehead atoms. The third kappa shape index (κ3) is 4.96. The number of carbonyl (C=O) groups excluding carboxylic acids is 2. The van der Waals surface area contributed by atoms with Gasteiger partial charge in [-0.3, -0.25) is 24.6 Å². The number of benzene rings is 2. The van der Waals surface area contributed by atoms with E-state index in [-0.39, 0.29) is 29.9 Å². The van der Waals surface area contributed by atoms with Crippen molar-refractivity contribution in [2.24, 2.45) is 4.99 Å². The number of amides is 2. The van der Waals surface area contributed by atoms with Crippen LogP contribution in [0.2, 0.25) is 0 Å².